The summed E-state index contributed by atoms with van der Waals surface area (Å²) in [5.41, 5.74) is 0. The highest BCUT2D eigenvalue weighted by Crippen LogP contribution is 2.37. The maximum absolute atomic E-state index is 12.4. The van der Waals surface area contributed by atoms with Gasteiger partial charge in [0.1, 0.15) is 11.6 Å². The summed E-state index contributed by atoms with van der Waals surface area (Å²) in [6, 6.07) is 2.17. The van der Waals surface area contributed by atoms with Crippen molar-refractivity contribution >= 4 is 5.82 Å². The first-order valence-corrected chi connectivity index (χ1v) is 4.03. The Morgan fingerprint density at radius 1 is 1.19 bits per heavy atom. The number of alkyl halides is 5. The van der Waals surface area contributed by atoms with Crippen LogP contribution >= 0.6 is 0 Å². The zero-order valence-corrected chi connectivity index (χ0v) is 7.98. The number of nitrogens with one attached hydrogen (secondary N) is 1. The predicted octanol–water partition coefficient (Wildman–Crippen LogP) is 2.66. The van der Waals surface area contributed by atoms with Crippen molar-refractivity contribution < 1.29 is 26.7 Å². The van der Waals surface area contributed by atoms with Crippen molar-refractivity contribution in [3.05, 3.63) is 18.3 Å². The lowest BCUT2D eigenvalue weighted by atomic mass is 10.4. The summed E-state index contributed by atoms with van der Waals surface area (Å²) in [7, 11) is 1.52. The molecule has 0 saturated heterocycles. The second-order valence-electron chi connectivity index (χ2n) is 2.75. The summed E-state index contributed by atoms with van der Waals surface area (Å²) in [5, 5.41) is 2.57. The molecule has 0 aliphatic heterocycles. The average molecular weight is 242 g/mol. The quantitative estimate of drug-likeness (QED) is 0.827. The van der Waals surface area contributed by atoms with E-state index in [0.29, 0.717) is 5.82 Å². The Bertz CT molecular complexity index is 348. The summed E-state index contributed by atoms with van der Waals surface area (Å²) in [5.74, 6) is -0.344. The molecule has 0 radical (unpaired) electrons. The van der Waals surface area contributed by atoms with Crippen molar-refractivity contribution in [2.45, 2.75) is 12.3 Å². The molecule has 90 valence electrons. The molecule has 0 unspecified atom stereocenters. The maximum atomic E-state index is 12.4. The molecule has 0 aliphatic carbocycles. The molecule has 1 heterocycles. The van der Waals surface area contributed by atoms with Crippen LogP contribution in [-0.4, -0.2) is 24.3 Å². The second kappa shape index (κ2) is 4.11. The van der Waals surface area contributed by atoms with E-state index in [1.807, 2.05) is 0 Å². The maximum Gasteiger partial charge on any atom is 0.499 e. The minimum Gasteiger partial charge on any atom is -0.424 e. The Labute approximate surface area is 87.2 Å². The van der Waals surface area contributed by atoms with Gasteiger partial charge in [-0.3, -0.25) is 0 Å². The topological polar surface area (TPSA) is 34.1 Å². The molecule has 0 aromatic carbocycles. The van der Waals surface area contributed by atoms with Crippen molar-refractivity contribution in [3.63, 3.8) is 0 Å². The van der Waals surface area contributed by atoms with Gasteiger partial charge in [0.05, 0.1) is 6.20 Å². The van der Waals surface area contributed by atoms with E-state index in [1.165, 1.54) is 13.1 Å². The highest BCUT2D eigenvalue weighted by molar-refractivity contribution is 5.36. The van der Waals surface area contributed by atoms with Gasteiger partial charge in [0.25, 0.3) is 0 Å². The average Bonchev–Trinajstić information content (AvgIpc) is 2.16. The lowest BCUT2D eigenvalue weighted by Crippen LogP contribution is -2.41. The van der Waals surface area contributed by atoms with Gasteiger partial charge in [-0.1, -0.05) is 0 Å². The van der Waals surface area contributed by atoms with Crippen LogP contribution in [0.4, 0.5) is 27.8 Å². The second-order valence-corrected chi connectivity index (χ2v) is 2.75. The van der Waals surface area contributed by atoms with Crippen molar-refractivity contribution in [1.29, 1.82) is 0 Å². The van der Waals surface area contributed by atoms with E-state index < -0.39 is 18.0 Å². The molecule has 0 fully saturated rings. The lowest BCUT2D eigenvalue weighted by molar-refractivity contribution is -0.360. The van der Waals surface area contributed by atoms with E-state index in [1.54, 1.807) is 0 Å². The van der Waals surface area contributed by atoms with Gasteiger partial charge in [-0.05, 0) is 12.1 Å². The normalized spacial score (nSPS) is 12.4. The molecule has 0 amide bonds. The van der Waals surface area contributed by atoms with Gasteiger partial charge in [0.15, 0.2) is 0 Å². The Hall–Kier alpha value is -1.60. The monoisotopic (exact) mass is 242 g/mol. The smallest absolute Gasteiger partial charge is 0.424 e. The highest BCUT2D eigenvalue weighted by Gasteiger charge is 2.61. The highest BCUT2D eigenvalue weighted by atomic mass is 19.4. The third-order valence-corrected chi connectivity index (χ3v) is 1.57. The van der Waals surface area contributed by atoms with Gasteiger partial charge in [-0.25, -0.2) is 4.98 Å². The fraction of sp³-hybridized carbons (Fsp3) is 0.375. The molecule has 1 N–H and O–H groups in total. The fourth-order valence-electron chi connectivity index (χ4n) is 0.794. The number of hydrogen-bond donors (Lipinski definition) is 1. The van der Waals surface area contributed by atoms with Gasteiger partial charge < -0.3 is 10.1 Å². The Morgan fingerprint density at radius 2 is 1.81 bits per heavy atom. The molecule has 0 atom stereocenters. The van der Waals surface area contributed by atoms with E-state index >= 15 is 0 Å². The molecule has 1 aromatic heterocycles. The molecule has 1 aromatic rings. The molecule has 8 heteroatoms. The van der Waals surface area contributed by atoms with Crippen LogP contribution in [0.2, 0.25) is 0 Å². The zero-order valence-electron chi connectivity index (χ0n) is 7.98. The number of nitrogens with zero attached hydrogens (tertiary/aromatic N) is 1. The number of aromatic nitrogens is 1. The zero-order chi connectivity index (χ0) is 12.4. The molecule has 1 rings (SSSR count). The molecule has 0 bridgehead atoms. The molecule has 16 heavy (non-hydrogen) atoms. The summed E-state index contributed by atoms with van der Waals surface area (Å²) in [4.78, 5) is 3.53. The standard InChI is InChI=1S/C8H7F5N2O/c1-14-6-3-2-5(4-15-6)16-8(12,13)7(9,10)11/h2-4H,1H3,(H,14,15). The van der Waals surface area contributed by atoms with Gasteiger partial charge in [0, 0.05) is 7.05 Å². The Balaban J connectivity index is 2.80. The van der Waals surface area contributed by atoms with Crippen LogP contribution in [0.3, 0.4) is 0 Å². The third kappa shape index (κ3) is 2.71. The van der Waals surface area contributed by atoms with Crippen LogP contribution in [0.5, 0.6) is 5.75 Å². The van der Waals surface area contributed by atoms with Crippen LogP contribution < -0.4 is 10.1 Å². The van der Waals surface area contributed by atoms with Crippen molar-refractivity contribution in [3.8, 4) is 5.75 Å². The lowest BCUT2D eigenvalue weighted by Gasteiger charge is -2.19. The van der Waals surface area contributed by atoms with Crippen LogP contribution in [0.1, 0.15) is 0 Å². The van der Waals surface area contributed by atoms with Crippen molar-refractivity contribution in [2.75, 3.05) is 12.4 Å². The van der Waals surface area contributed by atoms with Gasteiger partial charge in [-0.15, -0.1) is 0 Å². The summed E-state index contributed by atoms with van der Waals surface area (Å²) in [6.07, 6.45) is -10.2. The van der Waals surface area contributed by atoms with E-state index in [2.05, 4.69) is 15.0 Å². The molecular formula is C8H7F5N2O. The molecule has 3 nitrogen and oxygen atoms in total. The molecule has 0 saturated carbocycles. The summed E-state index contributed by atoms with van der Waals surface area (Å²) < 4.78 is 63.6. The minimum atomic E-state index is -5.76. The number of anilines is 1. The minimum absolute atomic E-state index is 0.322. The van der Waals surface area contributed by atoms with Crippen molar-refractivity contribution in [1.82, 2.24) is 4.98 Å². The van der Waals surface area contributed by atoms with Gasteiger partial charge in [-0.2, -0.15) is 22.0 Å². The number of rotatable bonds is 3. The number of ether oxygens (including phenoxy) is 1. The number of hydrogen-bond acceptors (Lipinski definition) is 3. The summed E-state index contributed by atoms with van der Waals surface area (Å²) in [6.45, 7) is 0. The van der Waals surface area contributed by atoms with Gasteiger partial charge in [0.2, 0.25) is 0 Å². The van der Waals surface area contributed by atoms with Crippen molar-refractivity contribution in [2.24, 2.45) is 0 Å². The SMILES string of the molecule is CNc1ccc(OC(F)(F)C(F)(F)F)cn1. The third-order valence-electron chi connectivity index (χ3n) is 1.57. The fourth-order valence-corrected chi connectivity index (χ4v) is 0.794. The molecule has 0 spiro atoms. The van der Waals surface area contributed by atoms with E-state index in [4.69, 9.17) is 0 Å². The Morgan fingerprint density at radius 3 is 2.19 bits per heavy atom. The first-order chi connectivity index (χ1) is 7.26. The number of pyridine rings is 1. The Kier molecular flexibility index (Phi) is 3.20. The van der Waals surface area contributed by atoms with E-state index in [0.717, 1.165) is 12.3 Å². The van der Waals surface area contributed by atoms with E-state index in [9.17, 15) is 22.0 Å². The largest absolute Gasteiger partial charge is 0.499 e. The summed E-state index contributed by atoms with van der Waals surface area (Å²) >= 11 is 0. The van der Waals surface area contributed by atoms with Crippen LogP contribution in [-0.2, 0) is 0 Å². The van der Waals surface area contributed by atoms with Gasteiger partial charge >= 0.3 is 12.3 Å². The molecule has 0 aliphatic rings. The van der Waals surface area contributed by atoms with Crippen LogP contribution in [0.25, 0.3) is 0 Å². The van der Waals surface area contributed by atoms with Crippen LogP contribution in [0.15, 0.2) is 18.3 Å². The predicted molar refractivity (Wildman–Crippen MR) is 45.4 cm³/mol. The number of halogens is 5. The van der Waals surface area contributed by atoms with Crippen LogP contribution in [0, 0.1) is 0 Å². The first kappa shape index (κ1) is 12.5. The van der Waals surface area contributed by atoms with E-state index in [-0.39, 0.29) is 0 Å². The molecular weight excluding hydrogens is 235 g/mol. The first-order valence-electron chi connectivity index (χ1n) is 4.03.